The molecule has 2 heterocycles. The van der Waals surface area contributed by atoms with Gasteiger partial charge in [-0.1, -0.05) is 22.9 Å². The molecule has 11 heteroatoms. The average Bonchev–Trinajstić information content (AvgIpc) is 2.76. The Kier molecular flexibility index (Phi) is 4.19. The van der Waals surface area contributed by atoms with Gasteiger partial charge in [-0.2, -0.15) is 8.61 Å². The normalized spacial score (nSPS) is 19.7. The van der Waals surface area contributed by atoms with Crippen molar-refractivity contribution in [2.45, 2.75) is 4.21 Å². The van der Waals surface area contributed by atoms with Crippen molar-refractivity contribution in [3.8, 4) is 0 Å². The molecule has 1 aromatic heterocycles. The molecule has 1 fully saturated rings. The first-order chi connectivity index (χ1) is 8.71. The van der Waals surface area contributed by atoms with Gasteiger partial charge in [0.2, 0.25) is 10.0 Å². The minimum Gasteiger partial charge on any atom is -0.232 e. The molecule has 0 unspecified atom stereocenters. The first-order valence-electron chi connectivity index (χ1n) is 5.28. The van der Waals surface area contributed by atoms with Crippen molar-refractivity contribution in [1.82, 2.24) is 13.6 Å². The van der Waals surface area contributed by atoms with Gasteiger partial charge in [0.25, 0.3) is 10.0 Å². The van der Waals surface area contributed by atoms with Gasteiger partial charge >= 0.3 is 0 Å². The lowest BCUT2D eigenvalue weighted by molar-refractivity contribution is 0.274. The molecule has 108 valence electrons. The zero-order chi connectivity index (χ0) is 14.3. The van der Waals surface area contributed by atoms with E-state index in [1.807, 2.05) is 0 Å². The van der Waals surface area contributed by atoms with Gasteiger partial charge in [0.05, 0.1) is 12.5 Å². The molecule has 1 saturated heterocycles. The van der Waals surface area contributed by atoms with Gasteiger partial charge in [0.15, 0.2) is 8.68 Å². The first kappa shape index (κ1) is 15.1. The minimum atomic E-state index is -3.63. The topological polar surface area (TPSA) is 87.7 Å². The number of hydrogen-bond donors (Lipinski definition) is 0. The summed E-state index contributed by atoms with van der Waals surface area (Å²) in [6.07, 6.45) is 2.32. The molecule has 0 N–H and O–H groups in total. The minimum absolute atomic E-state index is 0.0744. The summed E-state index contributed by atoms with van der Waals surface area (Å²) in [4.78, 5) is 3.70. The monoisotopic (exact) mass is 345 g/mol. The summed E-state index contributed by atoms with van der Waals surface area (Å²) < 4.78 is 49.9. The van der Waals surface area contributed by atoms with E-state index in [0.29, 0.717) is 0 Å². The van der Waals surface area contributed by atoms with E-state index in [4.69, 9.17) is 11.6 Å². The number of hydrogen-bond acceptors (Lipinski definition) is 6. The third-order valence-electron chi connectivity index (χ3n) is 2.72. The SMILES string of the molecule is CS(=O)(=O)N1CCN(S(=O)(=O)c2cnc(Cl)s2)CC1. The Hall–Kier alpha value is -0.260. The molecule has 0 bridgehead atoms. The third-order valence-corrected chi connectivity index (χ3v) is 7.47. The fourth-order valence-electron chi connectivity index (χ4n) is 1.73. The second-order valence-corrected chi connectivity index (χ2v) is 9.76. The first-order valence-corrected chi connectivity index (χ1v) is 9.76. The van der Waals surface area contributed by atoms with Crippen LogP contribution in [0.3, 0.4) is 0 Å². The van der Waals surface area contributed by atoms with Crippen molar-refractivity contribution in [3.05, 3.63) is 10.7 Å². The summed E-state index contributed by atoms with van der Waals surface area (Å²) in [6.45, 7) is 0.574. The van der Waals surface area contributed by atoms with Gasteiger partial charge in [0, 0.05) is 26.2 Å². The molecule has 0 amide bonds. The Morgan fingerprint density at radius 3 is 2.11 bits per heavy atom. The Morgan fingerprint density at radius 2 is 1.68 bits per heavy atom. The van der Waals surface area contributed by atoms with Crippen LogP contribution in [0, 0.1) is 0 Å². The van der Waals surface area contributed by atoms with Crippen LogP contribution in [-0.4, -0.2) is 62.9 Å². The van der Waals surface area contributed by atoms with E-state index in [9.17, 15) is 16.8 Å². The molecule has 1 aliphatic rings. The lowest BCUT2D eigenvalue weighted by Gasteiger charge is -2.31. The second-order valence-electron chi connectivity index (χ2n) is 4.00. The van der Waals surface area contributed by atoms with Gasteiger partial charge in [-0.15, -0.1) is 0 Å². The van der Waals surface area contributed by atoms with Crippen LogP contribution in [0.25, 0.3) is 0 Å². The third kappa shape index (κ3) is 3.26. The molecular weight excluding hydrogens is 334 g/mol. The molecule has 7 nitrogen and oxygen atoms in total. The van der Waals surface area contributed by atoms with Crippen molar-refractivity contribution in [1.29, 1.82) is 0 Å². The molecule has 0 atom stereocenters. The quantitative estimate of drug-likeness (QED) is 0.773. The highest BCUT2D eigenvalue weighted by Crippen LogP contribution is 2.26. The summed E-state index contributed by atoms with van der Waals surface area (Å²) in [5.74, 6) is 0. The van der Waals surface area contributed by atoms with Crippen LogP contribution in [0.15, 0.2) is 10.4 Å². The van der Waals surface area contributed by atoms with Gasteiger partial charge in [0.1, 0.15) is 0 Å². The van der Waals surface area contributed by atoms with Gasteiger partial charge in [-0.25, -0.2) is 21.8 Å². The van der Waals surface area contributed by atoms with Crippen molar-refractivity contribution >= 4 is 43.0 Å². The van der Waals surface area contributed by atoms with Crippen LogP contribution in [0.5, 0.6) is 0 Å². The van der Waals surface area contributed by atoms with E-state index in [-0.39, 0.29) is 34.9 Å². The van der Waals surface area contributed by atoms with Crippen LogP contribution < -0.4 is 0 Å². The van der Waals surface area contributed by atoms with Gasteiger partial charge in [-0.05, 0) is 0 Å². The predicted molar refractivity (Wildman–Crippen MR) is 72.3 cm³/mol. The van der Waals surface area contributed by atoms with E-state index in [1.54, 1.807) is 0 Å². The molecule has 0 radical (unpaired) electrons. The van der Waals surface area contributed by atoms with Gasteiger partial charge in [-0.3, -0.25) is 0 Å². The molecule has 19 heavy (non-hydrogen) atoms. The molecule has 0 saturated carbocycles. The summed E-state index contributed by atoms with van der Waals surface area (Å²) >= 11 is 6.51. The van der Waals surface area contributed by atoms with Gasteiger partial charge < -0.3 is 0 Å². The Balaban J connectivity index is 2.14. The molecule has 0 aromatic carbocycles. The number of aromatic nitrogens is 1. The predicted octanol–water partition coefficient (Wildman–Crippen LogP) is 0.0624. The molecular formula is C8H12ClN3O4S3. The Labute approximate surface area is 120 Å². The maximum absolute atomic E-state index is 12.2. The number of nitrogens with zero attached hydrogens (tertiary/aromatic N) is 3. The van der Waals surface area contributed by atoms with Crippen LogP contribution in [-0.2, 0) is 20.0 Å². The lowest BCUT2D eigenvalue weighted by Crippen LogP contribution is -2.50. The van der Waals surface area contributed by atoms with Crippen LogP contribution in [0.4, 0.5) is 0 Å². The number of thiazole rings is 1. The van der Waals surface area contributed by atoms with E-state index in [0.717, 1.165) is 17.6 Å². The number of rotatable bonds is 3. The Bertz CT molecular complexity index is 661. The zero-order valence-electron chi connectivity index (χ0n) is 9.98. The van der Waals surface area contributed by atoms with E-state index >= 15 is 0 Å². The number of piperazine rings is 1. The molecule has 0 spiro atoms. The van der Waals surface area contributed by atoms with Crippen molar-refractivity contribution in [2.24, 2.45) is 0 Å². The summed E-state index contributed by atoms with van der Waals surface area (Å²) in [7, 11) is -6.90. The van der Waals surface area contributed by atoms with E-state index in [2.05, 4.69) is 4.98 Å². The van der Waals surface area contributed by atoms with Crippen LogP contribution in [0.2, 0.25) is 4.47 Å². The number of halogens is 1. The maximum Gasteiger partial charge on any atom is 0.254 e. The lowest BCUT2D eigenvalue weighted by atomic mass is 10.4. The van der Waals surface area contributed by atoms with Crippen molar-refractivity contribution in [2.75, 3.05) is 32.4 Å². The van der Waals surface area contributed by atoms with Crippen LogP contribution in [0.1, 0.15) is 0 Å². The maximum atomic E-state index is 12.2. The highest BCUT2D eigenvalue weighted by Gasteiger charge is 2.32. The van der Waals surface area contributed by atoms with E-state index in [1.165, 1.54) is 14.8 Å². The molecule has 1 aliphatic heterocycles. The molecule has 2 rings (SSSR count). The Morgan fingerprint density at radius 1 is 1.16 bits per heavy atom. The largest absolute Gasteiger partial charge is 0.254 e. The second kappa shape index (κ2) is 5.26. The summed E-state index contributed by atoms with van der Waals surface area (Å²) in [5, 5.41) is 0. The van der Waals surface area contributed by atoms with E-state index < -0.39 is 20.0 Å². The standard InChI is InChI=1S/C8H12ClN3O4S3/c1-18(13,14)11-2-4-12(5-3-11)19(15,16)7-6-10-8(9)17-7/h6H,2-5H2,1H3. The number of sulfonamides is 2. The van der Waals surface area contributed by atoms with Crippen molar-refractivity contribution < 1.29 is 16.8 Å². The summed E-state index contributed by atoms with van der Waals surface area (Å²) in [5.41, 5.74) is 0. The summed E-state index contributed by atoms with van der Waals surface area (Å²) in [6, 6.07) is 0. The zero-order valence-corrected chi connectivity index (χ0v) is 13.2. The average molecular weight is 346 g/mol. The van der Waals surface area contributed by atoms with Crippen LogP contribution >= 0.6 is 22.9 Å². The fourth-order valence-corrected chi connectivity index (χ4v) is 5.42. The smallest absolute Gasteiger partial charge is 0.232 e. The molecule has 0 aliphatic carbocycles. The highest BCUT2D eigenvalue weighted by atomic mass is 35.5. The highest BCUT2D eigenvalue weighted by molar-refractivity contribution is 7.91. The fraction of sp³-hybridized carbons (Fsp3) is 0.625. The van der Waals surface area contributed by atoms with Crippen molar-refractivity contribution in [3.63, 3.8) is 0 Å². The molecule has 1 aromatic rings.